The van der Waals surface area contributed by atoms with Crippen LogP contribution in [0.1, 0.15) is 28.8 Å². The van der Waals surface area contributed by atoms with Gasteiger partial charge < -0.3 is 15.2 Å². The minimum Gasteiger partial charge on any atom is -0.361 e. The first-order chi connectivity index (χ1) is 14.1. The van der Waals surface area contributed by atoms with Crippen molar-refractivity contribution in [2.24, 2.45) is 5.92 Å². The van der Waals surface area contributed by atoms with Crippen LogP contribution in [0.4, 0.5) is 0 Å². The molecule has 0 aliphatic carbocycles. The zero-order chi connectivity index (χ0) is 20.2. The van der Waals surface area contributed by atoms with Crippen LogP contribution in [0.15, 0.2) is 54.7 Å². The largest absolute Gasteiger partial charge is 0.361 e. The van der Waals surface area contributed by atoms with Crippen molar-refractivity contribution in [1.29, 1.82) is 0 Å². The number of halogens is 1. The summed E-state index contributed by atoms with van der Waals surface area (Å²) in [4.78, 5) is 30.5. The van der Waals surface area contributed by atoms with Gasteiger partial charge >= 0.3 is 0 Å². The van der Waals surface area contributed by atoms with Crippen molar-refractivity contribution in [3.63, 3.8) is 0 Å². The maximum absolute atomic E-state index is 12.9. The predicted octanol–water partition coefficient (Wildman–Crippen LogP) is 4.03. The number of aromatic amines is 1. The molecule has 1 aromatic heterocycles. The Bertz CT molecular complexity index is 1010. The standard InChI is InChI=1S/C23H24ClN3O2/c24-20-7-3-16(4-8-20)9-11-26-22(28)19-2-1-13-27(15-19)23(29)18-6-5-17-10-12-25-21(17)14-18/h3-8,10,12,14,19,25H,1-2,9,11,13,15H2,(H,26,28). The Balaban J connectivity index is 1.32. The molecule has 150 valence electrons. The van der Waals surface area contributed by atoms with E-state index in [2.05, 4.69) is 10.3 Å². The molecule has 3 aromatic rings. The van der Waals surface area contributed by atoms with Crippen molar-refractivity contribution in [2.75, 3.05) is 19.6 Å². The van der Waals surface area contributed by atoms with Crippen molar-refractivity contribution in [3.8, 4) is 0 Å². The van der Waals surface area contributed by atoms with Crippen molar-refractivity contribution in [2.45, 2.75) is 19.3 Å². The average Bonchev–Trinajstić information content (AvgIpc) is 3.22. The number of nitrogens with zero attached hydrogens (tertiary/aromatic N) is 1. The highest BCUT2D eigenvalue weighted by Crippen LogP contribution is 2.21. The topological polar surface area (TPSA) is 65.2 Å². The smallest absolute Gasteiger partial charge is 0.253 e. The number of carbonyl (C=O) groups is 2. The number of likely N-dealkylation sites (tertiary alicyclic amines) is 1. The lowest BCUT2D eigenvalue weighted by molar-refractivity contribution is -0.126. The monoisotopic (exact) mass is 409 g/mol. The molecule has 0 spiro atoms. The summed E-state index contributed by atoms with van der Waals surface area (Å²) in [7, 11) is 0. The SMILES string of the molecule is O=C(NCCc1ccc(Cl)cc1)C1CCCN(C(=O)c2ccc3cc[nH]c3c2)C1. The zero-order valence-electron chi connectivity index (χ0n) is 16.2. The van der Waals surface area contributed by atoms with E-state index in [0.717, 1.165) is 35.7 Å². The van der Waals surface area contributed by atoms with Crippen molar-refractivity contribution >= 4 is 34.3 Å². The van der Waals surface area contributed by atoms with Gasteiger partial charge in [-0.1, -0.05) is 29.8 Å². The molecule has 1 aliphatic rings. The quantitative estimate of drug-likeness (QED) is 0.668. The number of H-pyrrole nitrogens is 1. The molecule has 0 saturated carbocycles. The number of benzene rings is 2. The summed E-state index contributed by atoms with van der Waals surface area (Å²) in [6, 6.07) is 15.3. The molecular weight excluding hydrogens is 386 g/mol. The van der Waals surface area contributed by atoms with E-state index in [-0.39, 0.29) is 17.7 Å². The van der Waals surface area contributed by atoms with Gasteiger partial charge in [0.15, 0.2) is 0 Å². The number of carbonyl (C=O) groups excluding carboxylic acids is 2. The summed E-state index contributed by atoms with van der Waals surface area (Å²) in [5, 5.41) is 4.81. The van der Waals surface area contributed by atoms with Crippen molar-refractivity contribution in [1.82, 2.24) is 15.2 Å². The van der Waals surface area contributed by atoms with Crippen LogP contribution in [0, 0.1) is 5.92 Å². The Labute approximate surface area is 175 Å². The summed E-state index contributed by atoms with van der Waals surface area (Å²) in [5.74, 6) is -0.149. The fourth-order valence-electron chi connectivity index (χ4n) is 3.86. The number of amides is 2. The van der Waals surface area contributed by atoms with E-state index in [1.54, 1.807) is 4.90 Å². The van der Waals surface area contributed by atoms with E-state index in [0.29, 0.717) is 30.2 Å². The first kappa shape index (κ1) is 19.5. The van der Waals surface area contributed by atoms with Gasteiger partial charge in [-0.2, -0.15) is 0 Å². The molecule has 1 atom stereocenters. The summed E-state index contributed by atoms with van der Waals surface area (Å²) < 4.78 is 0. The number of hydrogen-bond donors (Lipinski definition) is 2. The minimum absolute atomic E-state index is 0.0137. The molecule has 0 bridgehead atoms. The third kappa shape index (κ3) is 4.62. The zero-order valence-corrected chi connectivity index (χ0v) is 16.9. The summed E-state index contributed by atoms with van der Waals surface area (Å²) in [5.41, 5.74) is 2.74. The third-order valence-corrected chi connectivity index (χ3v) is 5.76. The number of aromatic nitrogens is 1. The molecule has 0 radical (unpaired) electrons. The number of piperidine rings is 1. The molecular formula is C23H24ClN3O2. The normalized spacial score (nSPS) is 16.7. The Morgan fingerprint density at radius 1 is 1.14 bits per heavy atom. The maximum atomic E-state index is 12.9. The summed E-state index contributed by atoms with van der Waals surface area (Å²) >= 11 is 5.90. The number of rotatable bonds is 5. The number of nitrogens with one attached hydrogen (secondary N) is 2. The van der Waals surface area contributed by atoms with Crippen LogP contribution >= 0.6 is 11.6 Å². The Morgan fingerprint density at radius 2 is 1.97 bits per heavy atom. The number of hydrogen-bond acceptors (Lipinski definition) is 2. The van der Waals surface area contributed by atoms with Crippen LogP contribution in [0.5, 0.6) is 0 Å². The molecule has 2 heterocycles. The lowest BCUT2D eigenvalue weighted by atomic mass is 9.96. The van der Waals surface area contributed by atoms with E-state index >= 15 is 0 Å². The van der Waals surface area contributed by atoms with Gasteiger partial charge in [0.2, 0.25) is 5.91 Å². The fourth-order valence-corrected chi connectivity index (χ4v) is 3.99. The highest BCUT2D eigenvalue weighted by molar-refractivity contribution is 6.30. The Hall–Kier alpha value is -2.79. The summed E-state index contributed by atoms with van der Waals surface area (Å²) in [6.45, 7) is 1.74. The molecule has 1 saturated heterocycles. The molecule has 1 unspecified atom stereocenters. The Kier molecular flexibility index (Phi) is 5.86. The second-order valence-corrected chi connectivity index (χ2v) is 7.97. The molecule has 6 heteroatoms. The molecule has 29 heavy (non-hydrogen) atoms. The lowest BCUT2D eigenvalue weighted by Gasteiger charge is -2.32. The summed E-state index contributed by atoms with van der Waals surface area (Å²) in [6.07, 6.45) is 4.27. The molecule has 2 N–H and O–H groups in total. The third-order valence-electron chi connectivity index (χ3n) is 5.51. The lowest BCUT2D eigenvalue weighted by Crippen LogP contribution is -2.45. The van der Waals surface area contributed by atoms with Crippen LogP contribution in [-0.4, -0.2) is 41.3 Å². The Morgan fingerprint density at radius 3 is 2.79 bits per heavy atom. The van der Waals surface area contributed by atoms with E-state index in [4.69, 9.17) is 11.6 Å². The van der Waals surface area contributed by atoms with Gasteiger partial charge in [0.25, 0.3) is 5.91 Å². The van der Waals surface area contributed by atoms with Crippen molar-refractivity contribution < 1.29 is 9.59 Å². The molecule has 2 amide bonds. The highest BCUT2D eigenvalue weighted by Gasteiger charge is 2.28. The van der Waals surface area contributed by atoms with Crippen LogP contribution in [0.2, 0.25) is 5.02 Å². The van der Waals surface area contributed by atoms with Crippen LogP contribution < -0.4 is 5.32 Å². The molecule has 4 rings (SSSR count). The molecule has 5 nitrogen and oxygen atoms in total. The van der Waals surface area contributed by atoms with Crippen LogP contribution in [-0.2, 0) is 11.2 Å². The minimum atomic E-state index is -0.160. The van der Waals surface area contributed by atoms with Gasteiger partial charge in [-0.05, 0) is 60.5 Å². The van der Waals surface area contributed by atoms with Gasteiger partial charge in [-0.15, -0.1) is 0 Å². The molecule has 1 aliphatic heterocycles. The van der Waals surface area contributed by atoms with Gasteiger partial charge in [0.1, 0.15) is 0 Å². The highest BCUT2D eigenvalue weighted by atomic mass is 35.5. The van der Waals surface area contributed by atoms with Gasteiger partial charge in [0, 0.05) is 41.9 Å². The second kappa shape index (κ2) is 8.70. The second-order valence-electron chi connectivity index (χ2n) is 7.54. The van der Waals surface area contributed by atoms with E-state index in [1.165, 1.54) is 0 Å². The van der Waals surface area contributed by atoms with Crippen LogP contribution in [0.3, 0.4) is 0 Å². The van der Waals surface area contributed by atoms with E-state index < -0.39 is 0 Å². The van der Waals surface area contributed by atoms with Crippen LogP contribution in [0.25, 0.3) is 10.9 Å². The molecule has 1 fully saturated rings. The average molecular weight is 410 g/mol. The first-order valence-electron chi connectivity index (χ1n) is 9.99. The van der Waals surface area contributed by atoms with Crippen molar-refractivity contribution in [3.05, 3.63) is 70.9 Å². The maximum Gasteiger partial charge on any atom is 0.253 e. The van der Waals surface area contributed by atoms with E-state index in [1.807, 2.05) is 54.7 Å². The van der Waals surface area contributed by atoms with Gasteiger partial charge in [-0.25, -0.2) is 0 Å². The predicted molar refractivity (Wildman–Crippen MR) is 115 cm³/mol. The first-order valence-corrected chi connectivity index (χ1v) is 10.4. The van der Waals surface area contributed by atoms with Gasteiger partial charge in [0.05, 0.1) is 5.92 Å². The van der Waals surface area contributed by atoms with E-state index in [9.17, 15) is 9.59 Å². The fraction of sp³-hybridized carbons (Fsp3) is 0.304. The number of fused-ring (bicyclic) bond motifs is 1. The van der Waals surface area contributed by atoms with Gasteiger partial charge in [-0.3, -0.25) is 9.59 Å². The molecule has 2 aromatic carbocycles.